The molecule has 0 aromatic heterocycles. The Hall–Kier alpha value is -0.180. The minimum atomic E-state index is -0.300. The van der Waals surface area contributed by atoms with Crippen LogP contribution in [-0.2, 0) is 0 Å². The highest BCUT2D eigenvalue weighted by Crippen LogP contribution is 2.25. The van der Waals surface area contributed by atoms with Gasteiger partial charge in [-0.15, -0.1) is 0 Å². The van der Waals surface area contributed by atoms with Gasteiger partial charge in [0.2, 0.25) is 0 Å². The van der Waals surface area contributed by atoms with Crippen molar-refractivity contribution < 1.29 is 9.18 Å². The van der Waals surface area contributed by atoms with Gasteiger partial charge in [0, 0.05) is 58.9 Å². The number of hydrogen-bond donors (Lipinski definition) is 0. The molecule has 0 amide bonds. The molecular formula is C16H22FIN2OS. The lowest BCUT2D eigenvalue weighted by atomic mass is 10.0. The Labute approximate surface area is 148 Å². The highest BCUT2D eigenvalue weighted by Gasteiger charge is 2.28. The van der Waals surface area contributed by atoms with Crippen LogP contribution in [0.4, 0.5) is 4.39 Å². The summed E-state index contributed by atoms with van der Waals surface area (Å²) in [6, 6.07) is 6.13. The van der Waals surface area contributed by atoms with Crippen LogP contribution in [0.15, 0.2) is 24.3 Å². The van der Waals surface area contributed by atoms with Gasteiger partial charge in [-0.2, -0.15) is 0 Å². The number of halogens is 2. The largest absolute Gasteiger partial charge is 0.297 e. The lowest BCUT2D eigenvalue weighted by Crippen LogP contribution is -2.51. The maximum absolute atomic E-state index is 13.0. The number of rotatable bonds is 7. The minimum Gasteiger partial charge on any atom is -0.297 e. The maximum atomic E-state index is 13.0. The van der Waals surface area contributed by atoms with Gasteiger partial charge in [-0.25, -0.2) is 8.70 Å². The summed E-state index contributed by atoms with van der Waals surface area (Å²) in [7, 11) is 1.72. The van der Waals surface area contributed by atoms with Gasteiger partial charge in [0.1, 0.15) is 5.82 Å². The van der Waals surface area contributed by atoms with Crippen LogP contribution in [0.25, 0.3) is 0 Å². The number of carbonyl (C=O) groups is 1. The molecule has 1 fully saturated rings. The highest BCUT2D eigenvalue weighted by atomic mass is 127. The van der Waals surface area contributed by atoms with E-state index in [9.17, 15) is 9.18 Å². The Bertz CT molecular complexity index is 486. The minimum absolute atomic E-state index is 0.104. The van der Waals surface area contributed by atoms with Crippen molar-refractivity contribution in [3.63, 3.8) is 0 Å². The van der Waals surface area contributed by atoms with Crippen molar-refractivity contribution in [2.75, 3.05) is 26.2 Å². The molecule has 1 heterocycles. The third kappa shape index (κ3) is 5.18. The third-order valence-electron chi connectivity index (χ3n) is 4.05. The fourth-order valence-electron chi connectivity index (χ4n) is 2.74. The fraction of sp³-hybridized carbons (Fsp3) is 0.562. The summed E-state index contributed by atoms with van der Waals surface area (Å²) in [5, 5.41) is 0. The van der Waals surface area contributed by atoms with Crippen molar-refractivity contribution in [3.05, 3.63) is 35.6 Å². The zero-order chi connectivity index (χ0) is 15.9. The van der Waals surface area contributed by atoms with E-state index < -0.39 is 0 Å². The molecule has 0 spiro atoms. The van der Waals surface area contributed by atoms with E-state index >= 15 is 0 Å². The summed E-state index contributed by atoms with van der Waals surface area (Å²) in [5.74, 6) is -0.196. The van der Waals surface area contributed by atoms with E-state index in [2.05, 4.69) is 37.3 Å². The van der Waals surface area contributed by atoms with Crippen molar-refractivity contribution in [2.24, 2.45) is 0 Å². The molecule has 3 nitrogen and oxygen atoms in total. The molecule has 0 radical (unpaired) electrons. The number of hydrogen-bond acceptors (Lipinski definition) is 4. The number of ketones is 1. The topological polar surface area (TPSA) is 23.6 Å². The Morgan fingerprint density at radius 2 is 2.09 bits per heavy atom. The lowest BCUT2D eigenvalue weighted by Gasteiger charge is -2.40. The van der Waals surface area contributed by atoms with E-state index in [1.165, 1.54) is 25.0 Å². The second-order valence-electron chi connectivity index (χ2n) is 5.63. The SMILES string of the molecule is CCCCN1CCN(SI)CC1CC(=O)c1ccc(F)cc1. The van der Waals surface area contributed by atoms with E-state index in [1.54, 1.807) is 21.3 Å². The molecule has 1 aliphatic heterocycles. The van der Waals surface area contributed by atoms with Gasteiger partial charge >= 0.3 is 0 Å². The lowest BCUT2D eigenvalue weighted by molar-refractivity contribution is 0.0825. The van der Waals surface area contributed by atoms with Crippen LogP contribution in [0.2, 0.25) is 0 Å². The van der Waals surface area contributed by atoms with E-state index in [0.29, 0.717) is 12.0 Å². The number of benzene rings is 1. The Balaban J connectivity index is 2.01. The molecule has 0 N–H and O–H groups in total. The molecule has 0 bridgehead atoms. The zero-order valence-electron chi connectivity index (χ0n) is 12.8. The van der Waals surface area contributed by atoms with Gasteiger partial charge in [-0.05, 0) is 46.4 Å². The first kappa shape index (κ1) is 18.2. The van der Waals surface area contributed by atoms with Crippen LogP contribution in [-0.4, -0.2) is 47.2 Å². The summed E-state index contributed by atoms with van der Waals surface area (Å²) in [6.45, 7) is 6.20. The van der Waals surface area contributed by atoms with E-state index in [4.69, 9.17) is 0 Å². The van der Waals surface area contributed by atoms with E-state index in [1.807, 2.05) is 0 Å². The second-order valence-corrected chi connectivity index (χ2v) is 7.47. The van der Waals surface area contributed by atoms with Crippen LogP contribution in [0.5, 0.6) is 0 Å². The van der Waals surface area contributed by atoms with Crippen LogP contribution in [0.3, 0.4) is 0 Å². The zero-order valence-corrected chi connectivity index (χ0v) is 15.8. The van der Waals surface area contributed by atoms with Gasteiger partial charge in [-0.3, -0.25) is 9.69 Å². The molecule has 0 saturated carbocycles. The molecule has 1 unspecified atom stereocenters. The van der Waals surface area contributed by atoms with Crippen molar-refractivity contribution in [3.8, 4) is 0 Å². The summed E-state index contributed by atoms with van der Waals surface area (Å²) in [4.78, 5) is 14.9. The van der Waals surface area contributed by atoms with Crippen LogP contribution in [0, 0.1) is 5.82 Å². The molecule has 122 valence electrons. The molecule has 6 heteroatoms. The van der Waals surface area contributed by atoms with Crippen LogP contribution < -0.4 is 0 Å². The first-order chi connectivity index (χ1) is 10.6. The predicted octanol–water partition coefficient (Wildman–Crippen LogP) is 4.18. The standard InChI is InChI=1S/C16H22FIN2OS/c1-2-3-8-19-9-10-20(22-18)12-15(19)11-16(21)13-4-6-14(17)7-5-13/h4-7,15H,2-3,8-12H2,1H3. The quantitative estimate of drug-likeness (QED) is 0.364. The van der Waals surface area contributed by atoms with Crippen LogP contribution in [0.1, 0.15) is 36.5 Å². The molecular weight excluding hydrogens is 414 g/mol. The van der Waals surface area contributed by atoms with Crippen LogP contribution >= 0.6 is 30.3 Å². The smallest absolute Gasteiger partial charge is 0.164 e. The number of unbranched alkanes of at least 4 members (excludes halogenated alkanes) is 1. The second kappa shape index (κ2) is 9.20. The molecule has 0 aliphatic carbocycles. The van der Waals surface area contributed by atoms with Gasteiger partial charge in [0.25, 0.3) is 0 Å². The van der Waals surface area contributed by atoms with Crippen molar-refractivity contribution in [2.45, 2.75) is 32.2 Å². The molecule has 1 aromatic carbocycles. The summed E-state index contributed by atoms with van der Waals surface area (Å²) in [6.07, 6.45) is 2.83. The summed E-state index contributed by atoms with van der Waals surface area (Å²) >= 11 is 2.30. The van der Waals surface area contributed by atoms with Crippen molar-refractivity contribution >= 4 is 36.1 Å². The average molecular weight is 436 g/mol. The van der Waals surface area contributed by atoms with Crippen molar-refractivity contribution in [1.29, 1.82) is 0 Å². The van der Waals surface area contributed by atoms with E-state index in [-0.39, 0.29) is 17.6 Å². The Morgan fingerprint density at radius 1 is 1.36 bits per heavy atom. The molecule has 2 rings (SSSR count). The molecule has 1 saturated heterocycles. The molecule has 1 aromatic rings. The molecule has 1 aliphatic rings. The van der Waals surface area contributed by atoms with Gasteiger partial charge in [-0.1, -0.05) is 13.3 Å². The van der Waals surface area contributed by atoms with Crippen molar-refractivity contribution in [1.82, 2.24) is 9.21 Å². The van der Waals surface area contributed by atoms with Gasteiger partial charge in [0.15, 0.2) is 5.78 Å². The monoisotopic (exact) mass is 436 g/mol. The number of piperazine rings is 1. The summed E-state index contributed by atoms with van der Waals surface area (Å²) in [5.41, 5.74) is 0.607. The Morgan fingerprint density at radius 3 is 2.73 bits per heavy atom. The number of carbonyl (C=O) groups excluding carboxylic acids is 1. The average Bonchev–Trinajstić information content (AvgIpc) is 2.54. The summed E-state index contributed by atoms with van der Waals surface area (Å²) < 4.78 is 15.3. The Kier molecular flexibility index (Phi) is 7.59. The highest BCUT2D eigenvalue weighted by molar-refractivity contribution is 14.2. The van der Waals surface area contributed by atoms with Gasteiger partial charge < -0.3 is 0 Å². The maximum Gasteiger partial charge on any atom is 0.164 e. The first-order valence-corrected chi connectivity index (χ1v) is 11.0. The first-order valence-electron chi connectivity index (χ1n) is 7.70. The van der Waals surface area contributed by atoms with E-state index in [0.717, 1.165) is 26.2 Å². The normalized spacial score (nSPS) is 20.2. The predicted molar refractivity (Wildman–Crippen MR) is 98.8 cm³/mol. The molecule has 22 heavy (non-hydrogen) atoms. The number of Topliss-reactive ketones (excluding diaryl/α,β-unsaturated/α-hetero) is 1. The third-order valence-corrected chi connectivity index (χ3v) is 6.25. The molecule has 1 atom stereocenters. The van der Waals surface area contributed by atoms with Gasteiger partial charge in [0.05, 0.1) is 0 Å². The number of nitrogens with zero attached hydrogens (tertiary/aromatic N) is 2. The fourth-order valence-corrected chi connectivity index (χ4v) is 4.20.